The first-order chi connectivity index (χ1) is 11.3. The molecule has 0 amide bonds. The molecule has 0 unspecified atom stereocenters. The van der Waals surface area contributed by atoms with Crippen LogP contribution in [0.15, 0.2) is 53.4 Å². The first kappa shape index (κ1) is 17.7. The molecular weight excluding hydrogens is 332 g/mol. The lowest BCUT2D eigenvalue weighted by atomic mass is 10.1. The molecular formula is C17H16O6S. The minimum Gasteiger partial charge on any atom is -0.465 e. The second-order valence-corrected chi connectivity index (χ2v) is 7.02. The van der Waals surface area contributed by atoms with E-state index in [0.29, 0.717) is 11.1 Å². The highest BCUT2D eigenvalue weighted by Crippen LogP contribution is 2.17. The molecule has 0 heterocycles. The van der Waals surface area contributed by atoms with Crippen molar-refractivity contribution in [3.8, 4) is 0 Å². The first-order valence-electron chi connectivity index (χ1n) is 6.96. The quantitative estimate of drug-likeness (QED) is 0.770. The summed E-state index contributed by atoms with van der Waals surface area (Å²) in [4.78, 5) is 23.4. The van der Waals surface area contributed by atoms with Crippen molar-refractivity contribution in [2.24, 2.45) is 0 Å². The molecule has 2 aromatic rings. The average Bonchev–Trinajstić information content (AvgIpc) is 2.58. The van der Waals surface area contributed by atoms with E-state index in [-0.39, 0.29) is 17.1 Å². The normalized spacial score (nSPS) is 10.9. The zero-order valence-corrected chi connectivity index (χ0v) is 14.0. The number of ether oxygens (including phenoxy) is 2. The van der Waals surface area contributed by atoms with Gasteiger partial charge in [-0.1, -0.05) is 24.3 Å². The number of hydrogen-bond donors (Lipinski definition) is 0. The smallest absolute Gasteiger partial charge is 0.339 e. The number of carbonyl (C=O) groups excluding carboxylic acids is 2. The molecule has 2 rings (SSSR count). The minimum absolute atomic E-state index is 0.00817. The lowest BCUT2D eigenvalue weighted by Gasteiger charge is -2.09. The van der Waals surface area contributed by atoms with E-state index in [0.717, 1.165) is 6.26 Å². The number of carbonyl (C=O) groups is 2. The Kier molecular flexibility index (Phi) is 5.35. The van der Waals surface area contributed by atoms with E-state index >= 15 is 0 Å². The van der Waals surface area contributed by atoms with Crippen molar-refractivity contribution in [3.05, 3.63) is 65.2 Å². The minimum atomic E-state index is -3.53. The van der Waals surface area contributed by atoms with Gasteiger partial charge in [-0.05, 0) is 29.8 Å². The number of esters is 2. The summed E-state index contributed by atoms with van der Waals surface area (Å²) in [7, 11) is -2.24. The first-order valence-corrected chi connectivity index (χ1v) is 8.85. The summed E-state index contributed by atoms with van der Waals surface area (Å²) >= 11 is 0. The van der Waals surface area contributed by atoms with Crippen molar-refractivity contribution in [2.45, 2.75) is 11.5 Å². The van der Waals surface area contributed by atoms with Crippen molar-refractivity contribution in [3.63, 3.8) is 0 Å². The third-order valence-electron chi connectivity index (χ3n) is 3.25. The lowest BCUT2D eigenvalue weighted by Crippen LogP contribution is -2.11. The van der Waals surface area contributed by atoms with Crippen LogP contribution < -0.4 is 0 Å². The Labute approximate surface area is 139 Å². The molecule has 0 spiro atoms. The van der Waals surface area contributed by atoms with Crippen molar-refractivity contribution in [2.75, 3.05) is 13.4 Å². The van der Waals surface area contributed by atoms with E-state index in [2.05, 4.69) is 4.74 Å². The molecule has 0 atom stereocenters. The molecule has 0 bridgehead atoms. The van der Waals surface area contributed by atoms with Crippen molar-refractivity contribution in [1.29, 1.82) is 0 Å². The van der Waals surface area contributed by atoms with E-state index in [1.807, 2.05) is 0 Å². The van der Waals surface area contributed by atoms with Crippen LogP contribution in [0.25, 0.3) is 0 Å². The molecule has 0 aromatic heterocycles. The monoisotopic (exact) mass is 348 g/mol. The summed E-state index contributed by atoms with van der Waals surface area (Å²) in [5.41, 5.74) is 1.04. The van der Waals surface area contributed by atoms with E-state index in [1.165, 1.54) is 19.2 Å². The highest BCUT2D eigenvalue weighted by molar-refractivity contribution is 7.90. The van der Waals surface area contributed by atoms with Gasteiger partial charge in [0.25, 0.3) is 0 Å². The van der Waals surface area contributed by atoms with Gasteiger partial charge in [0.15, 0.2) is 9.84 Å². The fourth-order valence-electron chi connectivity index (χ4n) is 2.04. The third-order valence-corrected chi connectivity index (χ3v) is 4.41. The Morgan fingerprint density at radius 3 is 2.17 bits per heavy atom. The van der Waals surface area contributed by atoms with Crippen LogP contribution in [0.4, 0.5) is 0 Å². The van der Waals surface area contributed by atoms with Gasteiger partial charge < -0.3 is 9.47 Å². The topological polar surface area (TPSA) is 86.7 Å². The van der Waals surface area contributed by atoms with Crippen LogP contribution in [0.1, 0.15) is 26.3 Å². The zero-order chi connectivity index (χ0) is 17.7. The molecule has 0 fully saturated rings. The van der Waals surface area contributed by atoms with Crippen LogP contribution in [-0.2, 0) is 25.9 Å². The van der Waals surface area contributed by atoms with Crippen molar-refractivity contribution < 1.29 is 27.5 Å². The van der Waals surface area contributed by atoms with Gasteiger partial charge in [0, 0.05) is 6.26 Å². The summed E-state index contributed by atoms with van der Waals surface area (Å²) in [6, 6.07) is 12.2. The summed E-state index contributed by atoms with van der Waals surface area (Å²) in [5.74, 6) is -1.19. The van der Waals surface area contributed by atoms with Gasteiger partial charge in [0.05, 0.1) is 23.1 Å². The summed E-state index contributed by atoms with van der Waals surface area (Å²) in [6.45, 7) is -0.0433. The number of sulfone groups is 1. The predicted molar refractivity (Wildman–Crippen MR) is 86.5 cm³/mol. The van der Waals surface area contributed by atoms with Crippen LogP contribution in [-0.4, -0.2) is 33.7 Å². The van der Waals surface area contributed by atoms with Crippen molar-refractivity contribution in [1.82, 2.24) is 0 Å². The Morgan fingerprint density at radius 1 is 0.958 bits per heavy atom. The van der Waals surface area contributed by atoms with Crippen LogP contribution in [0.5, 0.6) is 0 Å². The zero-order valence-electron chi connectivity index (χ0n) is 13.2. The molecule has 7 heteroatoms. The maximum Gasteiger partial charge on any atom is 0.339 e. The van der Waals surface area contributed by atoms with E-state index < -0.39 is 21.8 Å². The molecule has 2 aromatic carbocycles. The van der Waals surface area contributed by atoms with Gasteiger partial charge in [-0.2, -0.15) is 0 Å². The van der Waals surface area contributed by atoms with Crippen LogP contribution in [0.3, 0.4) is 0 Å². The second-order valence-electron chi connectivity index (χ2n) is 5.03. The Bertz CT molecular complexity index is 853. The summed E-state index contributed by atoms with van der Waals surface area (Å²) in [5, 5.41) is 0. The van der Waals surface area contributed by atoms with Gasteiger partial charge in [-0.25, -0.2) is 18.0 Å². The maximum absolute atomic E-state index is 12.1. The Balaban J connectivity index is 2.11. The van der Waals surface area contributed by atoms with Gasteiger partial charge >= 0.3 is 11.9 Å². The Hall–Kier alpha value is -2.67. The Morgan fingerprint density at radius 2 is 1.58 bits per heavy atom. The van der Waals surface area contributed by atoms with Gasteiger partial charge in [0.2, 0.25) is 0 Å². The van der Waals surface area contributed by atoms with E-state index in [1.54, 1.807) is 36.4 Å². The largest absolute Gasteiger partial charge is 0.465 e. The van der Waals surface area contributed by atoms with Gasteiger partial charge in [-0.3, -0.25) is 0 Å². The molecule has 0 saturated carbocycles. The molecule has 6 nitrogen and oxygen atoms in total. The molecule has 0 radical (unpaired) electrons. The predicted octanol–water partition coefficient (Wildman–Crippen LogP) is 2.23. The fraction of sp³-hybridized carbons (Fsp3) is 0.176. The van der Waals surface area contributed by atoms with E-state index in [9.17, 15) is 18.0 Å². The average molecular weight is 348 g/mol. The van der Waals surface area contributed by atoms with Gasteiger partial charge in [0.1, 0.15) is 6.61 Å². The highest BCUT2D eigenvalue weighted by Gasteiger charge is 2.19. The number of methoxy groups -OCH3 is 1. The second kappa shape index (κ2) is 7.27. The summed E-state index contributed by atoms with van der Waals surface area (Å²) in [6.07, 6.45) is 1.03. The summed E-state index contributed by atoms with van der Waals surface area (Å²) < 4.78 is 33.2. The molecule has 0 aliphatic carbocycles. The molecule has 0 N–H and O–H groups in total. The highest BCUT2D eigenvalue weighted by atomic mass is 32.2. The molecule has 0 aliphatic heterocycles. The van der Waals surface area contributed by atoms with Crippen LogP contribution in [0, 0.1) is 0 Å². The molecule has 126 valence electrons. The van der Waals surface area contributed by atoms with Crippen LogP contribution >= 0.6 is 0 Å². The number of hydrogen-bond acceptors (Lipinski definition) is 6. The number of rotatable bonds is 5. The lowest BCUT2D eigenvalue weighted by molar-refractivity contribution is 0.0467. The third kappa shape index (κ3) is 4.20. The molecule has 0 aliphatic rings. The SMILES string of the molecule is COC(=O)c1ccc(COC(=O)c2ccccc2S(C)(=O)=O)cc1. The standard InChI is InChI=1S/C17H16O6S/c1-22-16(18)13-9-7-12(8-10-13)11-23-17(19)14-5-3-4-6-15(14)24(2,20)21/h3-10H,11H2,1-2H3. The number of benzene rings is 2. The maximum atomic E-state index is 12.1. The fourth-order valence-corrected chi connectivity index (χ4v) is 2.92. The van der Waals surface area contributed by atoms with Crippen LogP contribution in [0.2, 0.25) is 0 Å². The van der Waals surface area contributed by atoms with Gasteiger partial charge in [-0.15, -0.1) is 0 Å². The van der Waals surface area contributed by atoms with Crippen molar-refractivity contribution >= 4 is 21.8 Å². The molecule has 0 saturated heterocycles. The molecule has 24 heavy (non-hydrogen) atoms. The van der Waals surface area contributed by atoms with E-state index in [4.69, 9.17) is 4.74 Å².